The third-order valence-corrected chi connectivity index (χ3v) is 7.13. The summed E-state index contributed by atoms with van der Waals surface area (Å²) < 4.78 is 11.5. The molecule has 7 heteroatoms. The maximum absolute atomic E-state index is 13.5. The van der Waals surface area contributed by atoms with E-state index < -0.39 is 17.4 Å². The Bertz CT molecular complexity index is 1070. The molecule has 0 aromatic heterocycles. The number of ether oxygens (including phenoxy) is 2. The summed E-state index contributed by atoms with van der Waals surface area (Å²) in [5.74, 6) is -0.469. The first-order valence-electron chi connectivity index (χ1n) is 10.8. The molecule has 0 unspecified atom stereocenters. The highest BCUT2D eigenvalue weighted by Gasteiger charge is 2.67. The number of hydrogen-bond donors (Lipinski definition) is 1. The normalized spacial score (nSPS) is 28.7. The number of fused-ring (bicyclic) bond motifs is 1. The minimum Gasteiger partial charge on any atom is -0.497 e. The van der Waals surface area contributed by atoms with E-state index in [1.54, 1.807) is 19.2 Å². The average molecular weight is 453 g/mol. The summed E-state index contributed by atoms with van der Waals surface area (Å²) in [5, 5.41) is 3.63. The average Bonchev–Trinajstić information content (AvgIpc) is 3.46. The molecule has 3 heterocycles. The van der Waals surface area contributed by atoms with Gasteiger partial charge >= 0.3 is 0 Å². The summed E-state index contributed by atoms with van der Waals surface area (Å²) >= 11 is 5.94. The summed E-state index contributed by atoms with van der Waals surface area (Å²) in [6.45, 7) is 2.82. The zero-order valence-electron chi connectivity index (χ0n) is 18.0. The Hall–Kier alpha value is -2.83. The van der Waals surface area contributed by atoms with E-state index in [2.05, 4.69) is 5.32 Å². The fraction of sp³-hybridized carbons (Fsp3) is 0.360. The number of carbonyl (C=O) groups excluding carboxylic acids is 2. The summed E-state index contributed by atoms with van der Waals surface area (Å²) in [5.41, 5.74) is 1.23. The Morgan fingerprint density at radius 1 is 1.25 bits per heavy atom. The van der Waals surface area contributed by atoms with Crippen molar-refractivity contribution in [3.63, 3.8) is 0 Å². The van der Waals surface area contributed by atoms with Gasteiger partial charge in [0, 0.05) is 11.6 Å². The van der Waals surface area contributed by atoms with Crippen LogP contribution in [0.5, 0.6) is 5.75 Å². The molecule has 2 aromatic carbocycles. The quantitative estimate of drug-likeness (QED) is 0.681. The largest absolute Gasteiger partial charge is 0.497 e. The SMILES string of the molecule is COc1ccc([C@H](C)N2C[C@@]34C=C[C@@H](O3)[C@H](C(=O)NCc3ccc(Cl)cc3)[C@@H]4C2=O)cc1. The molecule has 5 rings (SSSR count). The third kappa shape index (κ3) is 3.38. The van der Waals surface area contributed by atoms with Crippen LogP contribution in [0.4, 0.5) is 0 Å². The Balaban J connectivity index is 1.33. The van der Waals surface area contributed by atoms with Gasteiger partial charge in [-0.15, -0.1) is 0 Å². The lowest BCUT2D eigenvalue weighted by molar-refractivity contribution is -0.138. The minimum atomic E-state index is -0.731. The van der Waals surface area contributed by atoms with E-state index in [4.69, 9.17) is 21.1 Å². The highest BCUT2D eigenvalue weighted by atomic mass is 35.5. The Kier molecular flexibility index (Phi) is 5.22. The first-order chi connectivity index (χ1) is 15.4. The van der Waals surface area contributed by atoms with Crippen LogP contribution in [0.3, 0.4) is 0 Å². The van der Waals surface area contributed by atoms with Crippen molar-refractivity contribution in [2.75, 3.05) is 13.7 Å². The van der Waals surface area contributed by atoms with E-state index in [9.17, 15) is 9.59 Å². The van der Waals surface area contributed by atoms with Crippen LogP contribution in [0.1, 0.15) is 24.1 Å². The molecule has 6 nitrogen and oxygen atoms in total. The van der Waals surface area contributed by atoms with Crippen LogP contribution < -0.4 is 10.1 Å². The topological polar surface area (TPSA) is 67.9 Å². The van der Waals surface area contributed by atoms with E-state index in [1.807, 2.05) is 60.4 Å². The van der Waals surface area contributed by atoms with E-state index in [-0.39, 0.29) is 24.0 Å². The van der Waals surface area contributed by atoms with Crippen molar-refractivity contribution in [2.45, 2.75) is 31.2 Å². The van der Waals surface area contributed by atoms with Gasteiger partial charge in [-0.25, -0.2) is 0 Å². The first-order valence-corrected chi connectivity index (χ1v) is 11.1. The van der Waals surface area contributed by atoms with Crippen molar-refractivity contribution in [3.05, 3.63) is 76.8 Å². The number of hydrogen-bond acceptors (Lipinski definition) is 4. The monoisotopic (exact) mass is 452 g/mol. The van der Waals surface area contributed by atoms with Gasteiger partial charge in [-0.1, -0.05) is 48.0 Å². The number of rotatable bonds is 6. The van der Waals surface area contributed by atoms with Crippen molar-refractivity contribution in [3.8, 4) is 5.75 Å². The summed E-state index contributed by atoms with van der Waals surface area (Å²) in [6, 6.07) is 14.9. The van der Waals surface area contributed by atoms with Crippen molar-refractivity contribution >= 4 is 23.4 Å². The van der Waals surface area contributed by atoms with E-state index in [0.717, 1.165) is 16.9 Å². The van der Waals surface area contributed by atoms with Gasteiger partial charge in [0.15, 0.2) is 0 Å². The van der Waals surface area contributed by atoms with Gasteiger partial charge in [0.05, 0.1) is 37.6 Å². The molecular weight excluding hydrogens is 428 g/mol. The van der Waals surface area contributed by atoms with Gasteiger partial charge in [0.1, 0.15) is 11.4 Å². The van der Waals surface area contributed by atoms with Crippen LogP contribution >= 0.6 is 11.6 Å². The van der Waals surface area contributed by atoms with Gasteiger partial charge in [0.25, 0.3) is 0 Å². The van der Waals surface area contributed by atoms with E-state index in [1.165, 1.54) is 0 Å². The predicted octanol–water partition coefficient (Wildman–Crippen LogP) is 3.51. The first kappa shape index (κ1) is 21.0. The van der Waals surface area contributed by atoms with Crippen LogP contribution in [-0.4, -0.2) is 42.1 Å². The standard InChI is InChI=1S/C25H25ClN2O4/c1-15(17-5-9-19(31-2)10-6-17)28-14-25-12-11-20(32-25)21(22(25)24(28)30)23(29)27-13-16-3-7-18(26)8-4-16/h3-12,15,20-22H,13-14H2,1-2H3,(H,27,29)/t15-,20+,21-,22+,25+/m0/s1. The molecule has 5 atom stereocenters. The molecule has 2 saturated heterocycles. The second-order valence-electron chi connectivity index (χ2n) is 8.66. The molecule has 0 radical (unpaired) electrons. The second-order valence-corrected chi connectivity index (χ2v) is 9.10. The Labute approximate surface area is 192 Å². The molecule has 166 valence electrons. The van der Waals surface area contributed by atoms with Gasteiger partial charge < -0.3 is 19.7 Å². The zero-order valence-corrected chi connectivity index (χ0v) is 18.7. The maximum atomic E-state index is 13.5. The van der Waals surface area contributed by atoms with Gasteiger partial charge in [0.2, 0.25) is 11.8 Å². The molecule has 3 aliphatic heterocycles. The van der Waals surface area contributed by atoms with Crippen molar-refractivity contribution in [2.24, 2.45) is 11.8 Å². The molecule has 2 amide bonds. The Morgan fingerprint density at radius 2 is 1.97 bits per heavy atom. The van der Waals surface area contributed by atoms with Crippen molar-refractivity contribution in [1.29, 1.82) is 0 Å². The summed E-state index contributed by atoms with van der Waals surface area (Å²) in [4.78, 5) is 28.5. The minimum absolute atomic E-state index is 0.0354. The molecule has 32 heavy (non-hydrogen) atoms. The van der Waals surface area contributed by atoms with E-state index in [0.29, 0.717) is 18.1 Å². The number of carbonyl (C=O) groups is 2. The second kappa shape index (κ2) is 7.94. The number of nitrogens with one attached hydrogen (secondary N) is 1. The van der Waals surface area contributed by atoms with Gasteiger partial charge in [-0.2, -0.15) is 0 Å². The number of halogens is 1. The molecule has 0 saturated carbocycles. The lowest BCUT2D eigenvalue weighted by Gasteiger charge is -2.28. The number of amides is 2. The zero-order chi connectivity index (χ0) is 22.5. The molecule has 3 aliphatic rings. The van der Waals surface area contributed by atoms with Crippen molar-refractivity contribution < 1.29 is 19.1 Å². The van der Waals surface area contributed by atoms with E-state index >= 15 is 0 Å². The highest BCUT2D eigenvalue weighted by molar-refractivity contribution is 6.30. The molecule has 1 spiro atoms. The highest BCUT2D eigenvalue weighted by Crippen LogP contribution is 2.53. The smallest absolute Gasteiger partial charge is 0.230 e. The van der Waals surface area contributed by atoms with Crippen molar-refractivity contribution in [1.82, 2.24) is 10.2 Å². The predicted molar refractivity (Wildman–Crippen MR) is 120 cm³/mol. The maximum Gasteiger partial charge on any atom is 0.230 e. The Morgan fingerprint density at radius 3 is 2.66 bits per heavy atom. The molecule has 2 aromatic rings. The van der Waals surface area contributed by atoms with Gasteiger partial charge in [-0.05, 0) is 42.3 Å². The van der Waals surface area contributed by atoms with Crippen LogP contribution in [0.15, 0.2) is 60.7 Å². The number of benzene rings is 2. The van der Waals surface area contributed by atoms with Crippen LogP contribution in [0.25, 0.3) is 0 Å². The lowest BCUT2D eigenvalue weighted by atomic mass is 9.77. The summed E-state index contributed by atoms with van der Waals surface area (Å²) in [7, 11) is 1.63. The van der Waals surface area contributed by atoms with Gasteiger partial charge in [-0.3, -0.25) is 9.59 Å². The third-order valence-electron chi connectivity index (χ3n) is 6.88. The molecule has 1 N–H and O–H groups in total. The number of nitrogens with zero attached hydrogens (tertiary/aromatic N) is 1. The summed E-state index contributed by atoms with van der Waals surface area (Å²) in [6.07, 6.45) is 3.54. The molecular formula is C25H25ClN2O4. The fourth-order valence-corrected chi connectivity index (χ4v) is 5.25. The van der Waals surface area contributed by atoms with Crippen LogP contribution in [0, 0.1) is 11.8 Å². The molecule has 2 fully saturated rings. The molecule has 2 bridgehead atoms. The molecule has 0 aliphatic carbocycles. The van der Waals surface area contributed by atoms with Crippen LogP contribution in [0.2, 0.25) is 5.02 Å². The number of likely N-dealkylation sites (tertiary alicyclic amines) is 1. The lowest BCUT2D eigenvalue weighted by Crippen LogP contribution is -2.44. The fourth-order valence-electron chi connectivity index (χ4n) is 5.13. The number of methoxy groups -OCH3 is 1. The van der Waals surface area contributed by atoms with Crippen LogP contribution in [-0.2, 0) is 20.9 Å².